The number of rotatable bonds is 6. The highest BCUT2D eigenvalue weighted by Gasteiger charge is 2.21. The maximum atomic E-state index is 12.8. The summed E-state index contributed by atoms with van der Waals surface area (Å²) in [6, 6.07) is 20.0. The van der Waals surface area contributed by atoms with Crippen LogP contribution >= 0.6 is 0 Å². The lowest BCUT2D eigenvalue weighted by atomic mass is 10.1. The summed E-state index contributed by atoms with van der Waals surface area (Å²) >= 11 is 0. The Morgan fingerprint density at radius 1 is 0.969 bits per heavy atom. The van der Waals surface area contributed by atoms with E-state index in [9.17, 15) is 18.0 Å². The molecule has 3 aromatic carbocycles. The van der Waals surface area contributed by atoms with E-state index in [-0.39, 0.29) is 16.7 Å². The molecule has 0 radical (unpaired) electrons. The van der Waals surface area contributed by atoms with Crippen molar-refractivity contribution in [2.75, 3.05) is 21.5 Å². The van der Waals surface area contributed by atoms with Crippen LogP contribution in [0.2, 0.25) is 0 Å². The summed E-state index contributed by atoms with van der Waals surface area (Å²) < 4.78 is 27.9. The van der Waals surface area contributed by atoms with Crippen molar-refractivity contribution < 1.29 is 18.0 Å². The highest BCUT2D eigenvalue weighted by Crippen LogP contribution is 2.25. The van der Waals surface area contributed by atoms with E-state index >= 15 is 0 Å². The summed E-state index contributed by atoms with van der Waals surface area (Å²) in [4.78, 5) is 26.5. The molecule has 2 N–H and O–H groups in total. The molecule has 32 heavy (non-hydrogen) atoms. The van der Waals surface area contributed by atoms with Gasteiger partial charge in [0.2, 0.25) is 5.91 Å². The summed E-state index contributed by atoms with van der Waals surface area (Å²) in [6.45, 7) is 2.47. The molecule has 1 saturated heterocycles. The number of nitrogens with zero attached hydrogens (tertiary/aromatic N) is 1. The maximum Gasteiger partial charge on any atom is 0.261 e. The molecule has 0 aliphatic carbocycles. The lowest BCUT2D eigenvalue weighted by Crippen LogP contribution is -2.23. The van der Waals surface area contributed by atoms with Gasteiger partial charge in [0, 0.05) is 29.9 Å². The van der Waals surface area contributed by atoms with Crippen molar-refractivity contribution in [3.8, 4) is 0 Å². The lowest BCUT2D eigenvalue weighted by molar-refractivity contribution is -0.117. The van der Waals surface area contributed by atoms with Gasteiger partial charge >= 0.3 is 0 Å². The zero-order valence-electron chi connectivity index (χ0n) is 17.5. The number of carbonyl (C=O) groups excluding carboxylic acids is 2. The summed E-state index contributed by atoms with van der Waals surface area (Å²) in [6.07, 6.45) is 1.41. The lowest BCUT2D eigenvalue weighted by Gasteiger charge is -2.16. The Balaban J connectivity index is 1.49. The van der Waals surface area contributed by atoms with Crippen LogP contribution in [0.15, 0.2) is 77.7 Å². The minimum atomic E-state index is -3.77. The summed E-state index contributed by atoms with van der Waals surface area (Å²) in [7, 11) is -3.77. The van der Waals surface area contributed by atoms with Crippen LogP contribution in [-0.4, -0.2) is 26.8 Å². The number of hydrogen-bond acceptors (Lipinski definition) is 4. The molecule has 1 aliphatic rings. The fourth-order valence-corrected chi connectivity index (χ4v) is 4.67. The number of anilines is 3. The number of amides is 2. The first-order valence-corrected chi connectivity index (χ1v) is 11.7. The van der Waals surface area contributed by atoms with Crippen LogP contribution in [0.5, 0.6) is 0 Å². The Labute approximate surface area is 187 Å². The van der Waals surface area contributed by atoms with Crippen molar-refractivity contribution in [2.45, 2.75) is 24.7 Å². The molecule has 1 fully saturated rings. The van der Waals surface area contributed by atoms with Gasteiger partial charge in [0.25, 0.3) is 15.9 Å². The van der Waals surface area contributed by atoms with E-state index in [1.54, 1.807) is 66.4 Å². The number of sulfonamides is 1. The van der Waals surface area contributed by atoms with E-state index < -0.39 is 10.0 Å². The van der Waals surface area contributed by atoms with Gasteiger partial charge in [-0.3, -0.25) is 14.3 Å². The van der Waals surface area contributed by atoms with E-state index in [1.807, 2.05) is 0 Å². The molecule has 7 nitrogen and oxygen atoms in total. The molecular weight excluding hydrogens is 426 g/mol. The van der Waals surface area contributed by atoms with Gasteiger partial charge in [-0.25, -0.2) is 8.42 Å². The SMILES string of the molecule is Cc1ccc(C(=O)Nc2ccc(N3CCCC3=O)cc2)cc1NS(=O)(=O)c1ccccc1. The number of hydrogen-bond donors (Lipinski definition) is 2. The monoisotopic (exact) mass is 449 g/mol. The maximum absolute atomic E-state index is 12.8. The Bertz CT molecular complexity index is 1260. The summed E-state index contributed by atoms with van der Waals surface area (Å²) in [5, 5.41) is 2.81. The molecule has 3 aromatic rings. The predicted octanol–water partition coefficient (Wildman–Crippen LogP) is 4.17. The molecule has 1 heterocycles. The van der Waals surface area contributed by atoms with Crippen LogP contribution in [0.4, 0.5) is 17.1 Å². The van der Waals surface area contributed by atoms with Crippen LogP contribution in [0.1, 0.15) is 28.8 Å². The van der Waals surface area contributed by atoms with Gasteiger partial charge in [-0.05, 0) is 67.4 Å². The van der Waals surface area contributed by atoms with Crippen molar-refractivity contribution in [3.05, 3.63) is 83.9 Å². The Morgan fingerprint density at radius 3 is 2.34 bits per heavy atom. The predicted molar refractivity (Wildman–Crippen MR) is 124 cm³/mol. The molecule has 8 heteroatoms. The van der Waals surface area contributed by atoms with Crippen molar-refractivity contribution in [2.24, 2.45) is 0 Å². The Hall–Kier alpha value is -3.65. The van der Waals surface area contributed by atoms with Crippen molar-refractivity contribution in [1.82, 2.24) is 0 Å². The van der Waals surface area contributed by atoms with Crippen molar-refractivity contribution in [3.63, 3.8) is 0 Å². The highest BCUT2D eigenvalue weighted by molar-refractivity contribution is 7.92. The van der Waals surface area contributed by atoms with Gasteiger partial charge in [0.15, 0.2) is 0 Å². The standard InChI is InChI=1S/C24H23N3O4S/c1-17-9-10-18(16-22(17)26-32(30,31)21-6-3-2-4-7-21)24(29)25-19-11-13-20(14-12-19)27-15-5-8-23(27)28/h2-4,6-7,9-14,16,26H,5,8,15H2,1H3,(H,25,29). The number of aryl methyl sites for hydroxylation is 1. The molecule has 0 atom stereocenters. The molecule has 0 aromatic heterocycles. The van der Waals surface area contributed by atoms with Gasteiger partial charge in [0.1, 0.15) is 0 Å². The van der Waals surface area contributed by atoms with E-state index in [1.165, 1.54) is 18.2 Å². The molecule has 0 spiro atoms. The number of nitrogens with one attached hydrogen (secondary N) is 2. The topological polar surface area (TPSA) is 95.6 Å². The average molecular weight is 450 g/mol. The third-order valence-electron chi connectivity index (χ3n) is 5.31. The van der Waals surface area contributed by atoms with Crippen LogP contribution in [-0.2, 0) is 14.8 Å². The zero-order chi connectivity index (χ0) is 22.7. The third kappa shape index (κ3) is 4.65. The molecule has 2 amide bonds. The second kappa shape index (κ2) is 8.84. The van der Waals surface area contributed by atoms with Gasteiger partial charge in [0.05, 0.1) is 10.6 Å². The quantitative estimate of drug-likeness (QED) is 0.590. The van der Waals surface area contributed by atoms with Crippen LogP contribution < -0.4 is 14.9 Å². The van der Waals surface area contributed by atoms with Crippen LogP contribution in [0, 0.1) is 6.92 Å². The molecule has 0 saturated carbocycles. The molecular formula is C24H23N3O4S. The summed E-state index contributed by atoms with van der Waals surface area (Å²) in [5.41, 5.74) is 2.74. The van der Waals surface area contributed by atoms with E-state index in [0.717, 1.165) is 12.1 Å². The number of benzene rings is 3. The fourth-order valence-electron chi connectivity index (χ4n) is 3.53. The second-order valence-electron chi connectivity index (χ2n) is 7.60. The van der Waals surface area contributed by atoms with Gasteiger partial charge < -0.3 is 10.2 Å². The van der Waals surface area contributed by atoms with Crippen molar-refractivity contribution >= 4 is 38.9 Å². The molecule has 0 unspecified atom stereocenters. The smallest absolute Gasteiger partial charge is 0.261 e. The van der Waals surface area contributed by atoms with Crippen molar-refractivity contribution in [1.29, 1.82) is 0 Å². The minimum Gasteiger partial charge on any atom is -0.322 e. The summed E-state index contributed by atoms with van der Waals surface area (Å²) in [5.74, 6) is -0.262. The zero-order valence-corrected chi connectivity index (χ0v) is 18.4. The van der Waals surface area contributed by atoms with Gasteiger partial charge in [-0.1, -0.05) is 24.3 Å². The fraction of sp³-hybridized carbons (Fsp3) is 0.167. The Morgan fingerprint density at radius 2 is 1.69 bits per heavy atom. The second-order valence-corrected chi connectivity index (χ2v) is 9.28. The number of carbonyl (C=O) groups is 2. The minimum absolute atomic E-state index is 0.104. The van der Waals surface area contributed by atoms with E-state index in [0.29, 0.717) is 35.5 Å². The molecule has 164 valence electrons. The van der Waals surface area contributed by atoms with E-state index in [2.05, 4.69) is 10.0 Å². The van der Waals surface area contributed by atoms with Crippen LogP contribution in [0.3, 0.4) is 0 Å². The Kier molecular flexibility index (Phi) is 5.96. The highest BCUT2D eigenvalue weighted by atomic mass is 32.2. The largest absolute Gasteiger partial charge is 0.322 e. The first-order valence-electron chi connectivity index (χ1n) is 10.2. The van der Waals surface area contributed by atoms with Gasteiger partial charge in [-0.2, -0.15) is 0 Å². The first kappa shape index (κ1) is 21.6. The average Bonchev–Trinajstić information content (AvgIpc) is 3.22. The molecule has 0 bridgehead atoms. The first-order chi connectivity index (χ1) is 15.3. The van der Waals surface area contributed by atoms with Gasteiger partial charge in [-0.15, -0.1) is 0 Å². The normalized spacial score (nSPS) is 13.8. The third-order valence-corrected chi connectivity index (χ3v) is 6.69. The van der Waals surface area contributed by atoms with Crippen LogP contribution in [0.25, 0.3) is 0 Å². The van der Waals surface area contributed by atoms with E-state index in [4.69, 9.17) is 0 Å². The molecule has 4 rings (SSSR count). The molecule has 1 aliphatic heterocycles.